The Kier molecular flexibility index (Phi) is 7.05. The SMILES string of the molecule is C#Cc1ccc(CN2CCN(Cc3ccc(OC)cc3F)C(CCO)C2)cc1. The Morgan fingerprint density at radius 1 is 1.18 bits per heavy atom. The van der Waals surface area contributed by atoms with E-state index in [0.29, 0.717) is 24.3 Å². The molecule has 148 valence electrons. The Bertz CT molecular complexity index is 816. The summed E-state index contributed by atoms with van der Waals surface area (Å²) in [6.07, 6.45) is 6.09. The first-order chi connectivity index (χ1) is 13.6. The molecule has 1 fully saturated rings. The van der Waals surface area contributed by atoms with Crippen molar-refractivity contribution < 1.29 is 14.2 Å². The Morgan fingerprint density at radius 2 is 1.96 bits per heavy atom. The molecule has 0 aromatic heterocycles. The first-order valence-corrected chi connectivity index (χ1v) is 9.58. The van der Waals surface area contributed by atoms with Crippen LogP contribution in [0.2, 0.25) is 0 Å². The quantitative estimate of drug-likeness (QED) is 0.747. The highest BCUT2D eigenvalue weighted by Gasteiger charge is 2.27. The number of rotatable bonds is 7. The van der Waals surface area contributed by atoms with Crippen LogP contribution in [0.5, 0.6) is 5.75 Å². The summed E-state index contributed by atoms with van der Waals surface area (Å²) in [6, 6.07) is 13.2. The maximum Gasteiger partial charge on any atom is 0.131 e. The van der Waals surface area contributed by atoms with E-state index in [2.05, 4.69) is 27.9 Å². The lowest BCUT2D eigenvalue weighted by Gasteiger charge is -2.41. The molecule has 1 unspecified atom stereocenters. The summed E-state index contributed by atoms with van der Waals surface area (Å²) < 4.78 is 19.4. The van der Waals surface area contributed by atoms with Gasteiger partial charge in [-0.05, 0) is 30.2 Å². The second-order valence-corrected chi connectivity index (χ2v) is 7.17. The van der Waals surface area contributed by atoms with Crippen molar-refractivity contribution in [3.63, 3.8) is 0 Å². The third-order valence-electron chi connectivity index (χ3n) is 5.31. The van der Waals surface area contributed by atoms with Crippen LogP contribution in [-0.4, -0.2) is 54.3 Å². The minimum Gasteiger partial charge on any atom is -0.497 e. The average Bonchev–Trinajstić information content (AvgIpc) is 2.72. The summed E-state index contributed by atoms with van der Waals surface area (Å²) in [7, 11) is 1.53. The molecule has 1 aliphatic rings. The molecule has 3 rings (SSSR count). The molecule has 1 aliphatic heterocycles. The monoisotopic (exact) mass is 382 g/mol. The maximum atomic E-state index is 14.4. The number of halogens is 1. The number of ether oxygens (including phenoxy) is 1. The second-order valence-electron chi connectivity index (χ2n) is 7.17. The molecule has 0 aliphatic carbocycles. The smallest absolute Gasteiger partial charge is 0.131 e. The van der Waals surface area contributed by atoms with Crippen LogP contribution in [0, 0.1) is 18.2 Å². The Balaban J connectivity index is 1.64. The number of hydrogen-bond acceptors (Lipinski definition) is 4. The molecule has 4 nitrogen and oxygen atoms in total. The number of piperazine rings is 1. The van der Waals surface area contributed by atoms with Crippen molar-refractivity contribution in [2.75, 3.05) is 33.4 Å². The summed E-state index contributed by atoms with van der Waals surface area (Å²) in [5.74, 6) is 2.91. The van der Waals surface area contributed by atoms with Crippen molar-refractivity contribution in [3.8, 4) is 18.1 Å². The van der Waals surface area contributed by atoms with Gasteiger partial charge in [0.2, 0.25) is 0 Å². The lowest BCUT2D eigenvalue weighted by atomic mass is 10.1. The largest absolute Gasteiger partial charge is 0.497 e. The van der Waals surface area contributed by atoms with Gasteiger partial charge in [0, 0.05) is 62.6 Å². The van der Waals surface area contributed by atoms with Crippen LogP contribution in [0.4, 0.5) is 4.39 Å². The molecule has 2 aromatic rings. The van der Waals surface area contributed by atoms with E-state index in [0.717, 1.165) is 31.7 Å². The van der Waals surface area contributed by atoms with E-state index in [9.17, 15) is 9.50 Å². The van der Waals surface area contributed by atoms with Crippen LogP contribution >= 0.6 is 0 Å². The Labute approximate surface area is 166 Å². The lowest BCUT2D eigenvalue weighted by molar-refractivity contribution is 0.0493. The number of benzene rings is 2. The van der Waals surface area contributed by atoms with Gasteiger partial charge in [0.25, 0.3) is 0 Å². The number of hydrogen-bond donors (Lipinski definition) is 1. The first kappa shape index (κ1) is 20.3. The van der Waals surface area contributed by atoms with Gasteiger partial charge in [0.1, 0.15) is 11.6 Å². The average molecular weight is 382 g/mol. The number of nitrogens with zero attached hydrogens (tertiary/aromatic N) is 2. The summed E-state index contributed by atoms with van der Waals surface area (Å²) >= 11 is 0. The normalized spacial score (nSPS) is 18.0. The van der Waals surface area contributed by atoms with Crippen LogP contribution in [0.1, 0.15) is 23.1 Å². The molecule has 0 saturated carbocycles. The minimum atomic E-state index is -0.252. The Hall–Kier alpha value is -2.39. The molecule has 1 heterocycles. The van der Waals surface area contributed by atoms with Crippen LogP contribution in [-0.2, 0) is 13.1 Å². The summed E-state index contributed by atoms with van der Waals surface area (Å²) in [5, 5.41) is 9.50. The van der Waals surface area contributed by atoms with Crippen molar-refractivity contribution in [2.24, 2.45) is 0 Å². The van der Waals surface area contributed by atoms with Crippen molar-refractivity contribution in [1.82, 2.24) is 9.80 Å². The fraction of sp³-hybridized carbons (Fsp3) is 0.391. The zero-order valence-electron chi connectivity index (χ0n) is 16.3. The van der Waals surface area contributed by atoms with Gasteiger partial charge >= 0.3 is 0 Å². The fourth-order valence-corrected chi connectivity index (χ4v) is 3.70. The molecule has 2 aromatic carbocycles. The zero-order valence-corrected chi connectivity index (χ0v) is 16.3. The molecule has 28 heavy (non-hydrogen) atoms. The van der Waals surface area contributed by atoms with Gasteiger partial charge in [0.15, 0.2) is 0 Å². The summed E-state index contributed by atoms with van der Waals surface area (Å²) in [4.78, 5) is 4.64. The van der Waals surface area contributed by atoms with Gasteiger partial charge in [-0.15, -0.1) is 6.42 Å². The van der Waals surface area contributed by atoms with Crippen LogP contribution < -0.4 is 4.74 Å². The number of methoxy groups -OCH3 is 1. The van der Waals surface area contributed by atoms with Gasteiger partial charge in [-0.2, -0.15) is 0 Å². The van der Waals surface area contributed by atoms with E-state index >= 15 is 0 Å². The molecule has 0 bridgehead atoms. The molecule has 0 radical (unpaired) electrons. The van der Waals surface area contributed by atoms with E-state index in [1.807, 2.05) is 12.1 Å². The predicted octanol–water partition coefficient (Wildman–Crippen LogP) is 2.88. The van der Waals surface area contributed by atoms with E-state index in [4.69, 9.17) is 11.2 Å². The zero-order chi connectivity index (χ0) is 19.9. The van der Waals surface area contributed by atoms with Crippen molar-refractivity contribution in [3.05, 3.63) is 65.0 Å². The van der Waals surface area contributed by atoms with Gasteiger partial charge in [0.05, 0.1) is 7.11 Å². The van der Waals surface area contributed by atoms with Crippen LogP contribution in [0.3, 0.4) is 0 Å². The first-order valence-electron chi connectivity index (χ1n) is 9.58. The molecule has 0 spiro atoms. The molecule has 1 saturated heterocycles. The van der Waals surface area contributed by atoms with Gasteiger partial charge in [-0.1, -0.05) is 24.1 Å². The number of aliphatic hydroxyl groups is 1. The van der Waals surface area contributed by atoms with Gasteiger partial charge < -0.3 is 9.84 Å². The van der Waals surface area contributed by atoms with E-state index in [1.54, 1.807) is 12.1 Å². The minimum absolute atomic E-state index is 0.122. The van der Waals surface area contributed by atoms with E-state index < -0.39 is 0 Å². The number of terminal acetylenes is 1. The topological polar surface area (TPSA) is 35.9 Å². The van der Waals surface area contributed by atoms with Gasteiger partial charge in [-0.25, -0.2) is 4.39 Å². The van der Waals surface area contributed by atoms with E-state index in [-0.39, 0.29) is 18.5 Å². The highest BCUT2D eigenvalue weighted by atomic mass is 19.1. The molecular formula is C23H27FN2O2. The van der Waals surface area contributed by atoms with Crippen molar-refractivity contribution in [1.29, 1.82) is 0 Å². The van der Waals surface area contributed by atoms with E-state index in [1.165, 1.54) is 18.7 Å². The van der Waals surface area contributed by atoms with Crippen LogP contribution in [0.15, 0.2) is 42.5 Å². The van der Waals surface area contributed by atoms with Crippen LogP contribution in [0.25, 0.3) is 0 Å². The third-order valence-corrected chi connectivity index (χ3v) is 5.31. The molecule has 1 atom stereocenters. The molecule has 0 amide bonds. The highest BCUT2D eigenvalue weighted by Crippen LogP contribution is 2.22. The van der Waals surface area contributed by atoms with Crippen molar-refractivity contribution >= 4 is 0 Å². The maximum absolute atomic E-state index is 14.4. The predicted molar refractivity (Wildman–Crippen MR) is 109 cm³/mol. The summed E-state index contributed by atoms with van der Waals surface area (Å²) in [5.41, 5.74) is 2.76. The van der Waals surface area contributed by atoms with Crippen molar-refractivity contribution in [2.45, 2.75) is 25.6 Å². The molecule has 5 heteroatoms. The molecular weight excluding hydrogens is 355 g/mol. The highest BCUT2D eigenvalue weighted by molar-refractivity contribution is 5.34. The molecule has 1 N–H and O–H groups in total. The third kappa shape index (κ3) is 5.11. The van der Waals surface area contributed by atoms with Gasteiger partial charge in [-0.3, -0.25) is 9.80 Å². The second kappa shape index (κ2) is 9.70. The lowest BCUT2D eigenvalue weighted by Crippen LogP contribution is -2.52. The number of aliphatic hydroxyl groups excluding tert-OH is 1. The Morgan fingerprint density at radius 3 is 2.61 bits per heavy atom. The fourth-order valence-electron chi connectivity index (χ4n) is 3.70. The summed E-state index contributed by atoms with van der Waals surface area (Å²) in [6.45, 7) is 4.07. The standard InChI is InChI=1S/C23H27FN2O2/c1-3-18-4-6-19(7-5-18)15-25-11-12-26(21(17-25)10-13-27)16-20-8-9-22(28-2)14-23(20)24/h1,4-9,14,21,27H,10-13,15-17H2,2H3.